The minimum absolute atomic E-state index is 0.133. The van der Waals surface area contributed by atoms with E-state index in [1.54, 1.807) is 24.3 Å². The predicted molar refractivity (Wildman–Crippen MR) is 86.2 cm³/mol. The number of Topliss-reactive ketones (excluding diaryl/α,β-unsaturated/α-hetero) is 1. The van der Waals surface area contributed by atoms with Gasteiger partial charge < -0.3 is 4.42 Å². The van der Waals surface area contributed by atoms with Crippen LogP contribution in [0.15, 0.2) is 58.2 Å². The summed E-state index contributed by atoms with van der Waals surface area (Å²) in [5, 5.41) is 8.75. The van der Waals surface area contributed by atoms with Crippen LogP contribution in [0.4, 0.5) is 4.39 Å². The second-order valence-corrected chi connectivity index (χ2v) is 5.96. The predicted octanol–water partition coefficient (Wildman–Crippen LogP) is 4.50. The largest absolute Gasteiger partial charge is 0.411 e. The monoisotopic (exact) mass is 348 g/mol. The molecule has 2 aromatic carbocycles. The molecule has 116 valence electrons. The minimum atomic E-state index is -0.376. The van der Waals surface area contributed by atoms with Gasteiger partial charge in [-0.25, -0.2) is 4.39 Å². The van der Waals surface area contributed by atoms with E-state index >= 15 is 0 Å². The van der Waals surface area contributed by atoms with Crippen LogP contribution in [-0.2, 0) is 0 Å². The Morgan fingerprint density at radius 1 is 1.09 bits per heavy atom. The van der Waals surface area contributed by atoms with Crippen molar-refractivity contribution in [3.05, 3.63) is 64.9 Å². The van der Waals surface area contributed by atoms with Crippen molar-refractivity contribution in [1.29, 1.82) is 0 Å². The third-order valence-corrected chi connectivity index (χ3v) is 4.06. The molecule has 0 aliphatic carbocycles. The van der Waals surface area contributed by atoms with Crippen LogP contribution in [-0.4, -0.2) is 21.7 Å². The Kier molecular flexibility index (Phi) is 4.73. The Labute approximate surface area is 140 Å². The number of benzene rings is 2. The average Bonchev–Trinajstić information content (AvgIpc) is 3.03. The Balaban J connectivity index is 1.64. The van der Waals surface area contributed by atoms with Crippen LogP contribution >= 0.6 is 23.4 Å². The SMILES string of the molecule is O=C(CSc1nnc(-c2ccc(Cl)cc2)o1)c1ccc(F)cc1. The van der Waals surface area contributed by atoms with Crippen LogP contribution in [0.25, 0.3) is 11.5 Å². The van der Waals surface area contributed by atoms with E-state index in [1.165, 1.54) is 24.3 Å². The Bertz CT molecular complexity index is 819. The van der Waals surface area contributed by atoms with Crippen LogP contribution < -0.4 is 0 Å². The molecule has 0 bridgehead atoms. The van der Waals surface area contributed by atoms with E-state index < -0.39 is 0 Å². The van der Waals surface area contributed by atoms with Crippen molar-refractivity contribution in [2.45, 2.75) is 5.22 Å². The topological polar surface area (TPSA) is 56.0 Å². The summed E-state index contributed by atoms with van der Waals surface area (Å²) in [6, 6.07) is 12.4. The van der Waals surface area contributed by atoms with Crippen molar-refractivity contribution in [2.75, 3.05) is 5.75 Å². The Morgan fingerprint density at radius 3 is 2.48 bits per heavy atom. The number of halogens is 2. The Morgan fingerprint density at radius 2 is 1.78 bits per heavy atom. The number of aromatic nitrogens is 2. The molecule has 0 atom stereocenters. The van der Waals surface area contributed by atoms with Gasteiger partial charge in [0, 0.05) is 16.1 Å². The van der Waals surface area contributed by atoms with E-state index in [2.05, 4.69) is 10.2 Å². The van der Waals surface area contributed by atoms with E-state index in [-0.39, 0.29) is 17.4 Å². The van der Waals surface area contributed by atoms with Gasteiger partial charge in [0.05, 0.1) is 5.75 Å². The molecule has 0 unspecified atom stereocenters. The maximum absolute atomic E-state index is 12.8. The summed E-state index contributed by atoms with van der Waals surface area (Å²) in [7, 11) is 0. The highest BCUT2D eigenvalue weighted by atomic mass is 35.5. The van der Waals surface area contributed by atoms with Gasteiger partial charge in [-0.3, -0.25) is 4.79 Å². The van der Waals surface area contributed by atoms with E-state index in [4.69, 9.17) is 16.0 Å². The first kappa shape index (κ1) is 15.7. The van der Waals surface area contributed by atoms with Crippen LogP contribution in [0.2, 0.25) is 5.02 Å². The summed E-state index contributed by atoms with van der Waals surface area (Å²) in [6.45, 7) is 0. The number of ketones is 1. The first-order valence-corrected chi connectivity index (χ1v) is 7.99. The maximum Gasteiger partial charge on any atom is 0.277 e. The van der Waals surface area contributed by atoms with Gasteiger partial charge in [-0.1, -0.05) is 23.4 Å². The molecule has 0 N–H and O–H groups in total. The number of carbonyl (C=O) groups excluding carboxylic acids is 1. The summed E-state index contributed by atoms with van der Waals surface area (Å²) in [5.74, 6) is -0.0215. The lowest BCUT2D eigenvalue weighted by atomic mass is 10.1. The summed E-state index contributed by atoms with van der Waals surface area (Å²) >= 11 is 6.96. The zero-order valence-corrected chi connectivity index (χ0v) is 13.3. The molecule has 3 aromatic rings. The van der Waals surface area contributed by atoms with Gasteiger partial charge >= 0.3 is 0 Å². The van der Waals surface area contributed by atoms with Gasteiger partial charge in [-0.2, -0.15) is 0 Å². The standard InChI is InChI=1S/C16H10ClFN2O2S/c17-12-5-1-11(2-6-12)15-19-20-16(22-15)23-9-14(21)10-3-7-13(18)8-4-10/h1-8H,9H2. The molecule has 0 saturated carbocycles. The quantitative estimate of drug-likeness (QED) is 0.501. The van der Waals surface area contributed by atoms with E-state index in [0.29, 0.717) is 21.7 Å². The number of nitrogens with zero attached hydrogens (tertiary/aromatic N) is 2. The van der Waals surface area contributed by atoms with Crippen LogP contribution in [0.1, 0.15) is 10.4 Å². The maximum atomic E-state index is 12.8. The molecule has 1 aromatic heterocycles. The van der Waals surface area contributed by atoms with Crippen LogP contribution in [0, 0.1) is 5.82 Å². The zero-order valence-electron chi connectivity index (χ0n) is 11.7. The van der Waals surface area contributed by atoms with Crippen LogP contribution in [0.5, 0.6) is 0 Å². The number of hydrogen-bond acceptors (Lipinski definition) is 5. The molecule has 7 heteroatoms. The van der Waals surface area contributed by atoms with Crippen LogP contribution in [0.3, 0.4) is 0 Å². The highest BCUT2D eigenvalue weighted by Crippen LogP contribution is 2.24. The molecule has 3 rings (SSSR count). The van der Waals surface area contributed by atoms with E-state index in [1.807, 2.05) is 0 Å². The van der Waals surface area contributed by atoms with Crippen molar-refractivity contribution >= 4 is 29.1 Å². The van der Waals surface area contributed by atoms with Crippen molar-refractivity contribution in [3.8, 4) is 11.5 Å². The van der Waals surface area contributed by atoms with Gasteiger partial charge in [0.25, 0.3) is 5.22 Å². The summed E-state index contributed by atoms with van der Waals surface area (Å²) in [6.07, 6.45) is 0. The van der Waals surface area contributed by atoms with Crippen molar-refractivity contribution in [2.24, 2.45) is 0 Å². The molecule has 0 amide bonds. The van der Waals surface area contributed by atoms with Gasteiger partial charge in [0.2, 0.25) is 5.89 Å². The number of hydrogen-bond donors (Lipinski definition) is 0. The summed E-state index contributed by atoms with van der Waals surface area (Å²) < 4.78 is 18.3. The molecule has 0 saturated heterocycles. The third-order valence-electron chi connectivity index (χ3n) is 2.99. The first-order chi connectivity index (χ1) is 11.1. The van der Waals surface area contributed by atoms with Gasteiger partial charge in [-0.15, -0.1) is 10.2 Å². The third kappa shape index (κ3) is 3.97. The lowest BCUT2D eigenvalue weighted by molar-refractivity contribution is 0.102. The van der Waals surface area contributed by atoms with E-state index in [0.717, 1.165) is 17.3 Å². The van der Waals surface area contributed by atoms with Gasteiger partial charge in [0.15, 0.2) is 5.78 Å². The van der Waals surface area contributed by atoms with Crippen molar-refractivity contribution < 1.29 is 13.6 Å². The molecular formula is C16H10ClFN2O2S. The smallest absolute Gasteiger partial charge is 0.277 e. The molecule has 0 spiro atoms. The lowest BCUT2D eigenvalue weighted by Crippen LogP contribution is -2.02. The molecule has 0 aliphatic rings. The van der Waals surface area contributed by atoms with Gasteiger partial charge in [0.1, 0.15) is 5.82 Å². The first-order valence-electron chi connectivity index (χ1n) is 6.63. The molecule has 1 heterocycles. The molecule has 0 radical (unpaired) electrons. The average molecular weight is 349 g/mol. The minimum Gasteiger partial charge on any atom is -0.411 e. The summed E-state index contributed by atoms with van der Waals surface area (Å²) in [5.41, 5.74) is 1.19. The number of thioether (sulfide) groups is 1. The molecule has 4 nitrogen and oxygen atoms in total. The highest BCUT2D eigenvalue weighted by molar-refractivity contribution is 7.99. The zero-order chi connectivity index (χ0) is 16.2. The second-order valence-electron chi connectivity index (χ2n) is 4.60. The highest BCUT2D eigenvalue weighted by Gasteiger charge is 2.12. The number of carbonyl (C=O) groups is 1. The molecule has 0 aliphatic heterocycles. The number of rotatable bonds is 5. The normalized spacial score (nSPS) is 10.7. The molecular weight excluding hydrogens is 339 g/mol. The van der Waals surface area contributed by atoms with Gasteiger partial charge in [-0.05, 0) is 48.5 Å². The fourth-order valence-corrected chi connectivity index (χ4v) is 2.61. The Hall–Kier alpha value is -2.18. The van der Waals surface area contributed by atoms with Crippen molar-refractivity contribution in [3.63, 3.8) is 0 Å². The van der Waals surface area contributed by atoms with Crippen molar-refractivity contribution in [1.82, 2.24) is 10.2 Å². The lowest BCUT2D eigenvalue weighted by Gasteiger charge is -1.98. The van der Waals surface area contributed by atoms with E-state index in [9.17, 15) is 9.18 Å². The molecule has 0 fully saturated rings. The summed E-state index contributed by atoms with van der Waals surface area (Å²) in [4.78, 5) is 12.0. The fraction of sp³-hybridized carbons (Fsp3) is 0.0625. The molecule has 23 heavy (non-hydrogen) atoms. The fourth-order valence-electron chi connectivity index (χ4n) is 1.82. The second kappa shape index (κ2) is 6.93.